The summed E-state index contributed by atoms with van der Waals surface area (Å²) >= 11 is 0. The van der Waals surface area contributed by atoms with E-state index in [0.29, 0.717) is 18.4 Å². The Morgan fingerprint density at radius 2 is 1.38 bits per heavy atom. The van der Waals surface area contributed by atoms with Gasteiger partial charge < -0.3 is 48.3 Å². The number of nitrogens with two attached hydrogens (primary N) is 1. The fourth-order valence-corrected chi connectivity index (χ4v) is 5.24. The third kappa shape index (κ3) is 14.0. The molecule has 0 radical (unpaired) electrons. The van der Waals surface area contributed by atoms with E-state index in [9.17, 15) is 43.2 Å². The van der Waals surface area contributed by atoms with Crippen molar-refractivity contribution in [1.29, 1.82) is 0 Å². The molecule has 3 rings (SSSR count). The monoisotopic (exact) mass is 723 g/mol. The van der Waals surface area contributed by atoms with Gasteiger partial charge in [0.1, 0.15) is 18.1 Å². The van der Waals surface area contributed by atoms with Gasteiger partial charge in [0.05, 0.1) is 26.1 Å². The molecule has 18 nitrogen and oxygen atoms in total. The Bertz CT molecular complexity index is 1660. The number of nitrogens with one attached hydrogen (secondary N) is 8. The topological polar surface area (TPSA) is 276 Å². The Hall–Kier alpha value is -6.07. The summed E-state index contributed by atoms with van der Waals surface area (Å²) in [6.07, 6.45) is -0.229. The quantitative estimate of drug-likeness (QED) is 0.140. The van der Waals surface area contributed by atoms with Crippen LogP contribution in [-0.4, -0.2) is 104 Å². The molecule has 1 aliphatic heterocycles. The van der Waals surface area contributed by atoms with Gasteiger partial charge in [0, 0.05) is 32.9 Å². The molecule has 0 spiro atoms. The highest BCUT2D eigenvalue weighted by atomic mass is 16.2. The molecule has 1 aliphatic rings. The smallest absolute Gasteiger partial charge is 0.243 e. The van der Waals surface area contributed by atoms with Gasteiger partial charge in [-0.1, -0.05) is 42.5 Å². The van der Waals surface area contributed by atoms with Gasteiger partial charge in [0.2, 0.25) is 53.2 Å². The van der Waals surface area contributed by atoms with Crippen molar-refractivity contribution in [1.82, 2.24) is 42.5 Å². The van der Waals surface area contributed by atoms with Gasteiger partial charge in [-0.25, -0.2) is 0 Å². The summed E-state index contributed by atoms with van der Waals surface area (Å²) in [7, 11) is 0. The molecule has 10 N–H and O–H groups in total. The number of amides is 9. The van der Waals surface area contributed by atoms with Crippen molar-refractivity contribution in [2.45, 2.75) is 63.6 Å². The molecule has 0 saturated carbocycles. The second-order valence-corrected chi connectivity index (χ2v) is 12.1. The minimum atomic E-state index is -1.63. The lowest BCUT2D eigenvalue weighted by molar-refractivity contribution is -0.135. The third-order valence-electron chi connectivity index (χ3n) is 7.90. The van der Waals surface area contributed by atoms with Crippen molar-refractivity contribution in [3.63, 3.8) is 0 Å². The Balaban J connectivity index is 1.91. The first-order valence-corrected chi connectivity index (χ1v) is 16.8. The molecule has 2 aromatic carbocycles. The number of carbonyl (C=O) groups excluding carboxylic acids is 9. The van der Waals surface area contributed by atoms with Crippen LogP contribution in [0.4, 0.5) is 0 Å². The second kappa shape index (κ2) is 20.6. The molecule has 1 saturated heterocycles. The molecule has 0 aromatic heterocycles. The van der Waals surface area contributed by atoms with Crippen molar-refractivity contribution in [3.05, 3.63) is 48.0 Å². The highest BCUT2D eigenvalue weighted by molar-refractivity contribution is 5.98. The molecular formula is C34H45N9O9. The van der Waals surface area contributed by atoms with Gasteiger partial charge >= 0.3 is 0 Å². The van der Waals surface area contributed by atoms with E-state index < -0.39 is 90.8 Å². The van der Waals surface area contributed by atoms with Crippen LogP contribution < -0.4 is 48.3 Å². The number of primary amides is 1. The van der Waals surface area contributed by atoms with Gasteiger partial charge in [-0.3, -0.25) is 43.2 Å². The Morgan fingerprint density at radius 1 is 0.750 bits per heavy atom. The summed E-state index contributed by atoms with van der Waals surface area (Å²) in [5.41, 5.74) is 6.07. The first-order chi connectivity index (χ1) is 24.8. The molecule has 2 aromatic rings. The number of hydrogen-bond donors (Lipinski definition) is 9. The molecule has 280 valence electrons. The lowest BCUT2D eigenvalue weighted by atomic mass is 9.98. The molecule has 0 bridgehead atoms. The maximum Gasteiger partial charge on any atom is 0.243 e. The number of carbonyl (C=O) groups is 9. The summed E-state index contributed by atoms with van der Waals surface area (Å²) < 4.78 is 0. The van der Waals surface area contributed by atoms with Crippen molar-refractivity contribution in [3.8, 4) is 0 Å². The van der Waals surface area contributed by atoms with Gasteiger partial charge in [0.15, 0.2) is 0 Å². The van der Waals surface area contributed by atoms with Crippen molar-refractivity contribution < 1.29 is 43.2 Å². The molecule has 1 heterocycles. The van der Waals surface area contributed by atoms with Crippen molar-refractivity contribution in [2.24, 2.45) is 5.73 Å². The Labute approximate surface area is 299 Å². The number of fused-ring (bicyclic) bond motifs is 1. The highest BCUT2D eigenvalue weighted by Gasteiger charge is 2.31. The van der Waals surface area contributed by atoms with E-state index in [4.69, 9.17) is 5.73 Å². The van der Waals surface area contributed by atoms with Crippen LogP contribution in [0.15, 0.2) is 42.5 Å². The summed E-state index contributed by atoms with van der Waals surface area (Å²) in [4.78, 5) is 114. The van der Waals surface area contributed by atoms with E-state index in [2.05, 4.69) is 42.5 Å². The predicted octanol–water partition coefficient (Wildman–Crippen LogP) is -3.11. The fourth-order valence-electron chi connectivity index (χ4n) is 5.24. The van der Waals surface area contributed by atoms with E-state index >= 15 is 0 Å². The zero-order chi connectivity index (χ0) is 38.0. The van der Waals surface area contributed by atoms with E-state index in [1.807, 2.05) is 24.3 Å². The van der Waals surface area contributed by atoms with Crippen molar-refractivity contribution >= 4 is 63.9 Å². The van der Waals surface area contributed by atoms with Gasteiger partial charge in [-0.15, -0.1) is 0 Å². The molecular weight excluding hydrogens is 678 g/mol. The Morgan fingerprint density at radius 3 is 2.10 bits per heavy atom. The number of rotatable bonds is 7. The van der Waals surface area contributed by atoms with Crippen LogP contribution in [-0.2, 0) is 49.6 Å². The summed E-state index contributed by atoms with van der Waals surface area (Å²) in [5, 5.41) is 21.5. The van der Waals surface area contributed by atoms with E-state index in [1.54, 1.807) is 18.2 Å². The van der Waals surface area contributed by atoms with Crippen LogP contribution in [0.2, 0.25) is 0 Å². The largest absolute Gasteiger partial charge is 0.370 e. The van der Waals surface area contributed by atoms with Crippen LogP contribution >= 0.6 is 0 Å². The van der Waals surface area contributed by atoms with Gasteiger partial charge in [-0.2, -0.15) is 0 Å². The average Bonchev–Trinajstić information content (AvgIpc) is 3.10. The van der Waals surface area contributed by atoms with Crippen LogP contribution in [0.1, 0.15) is 44.6 Å². The fraction of sp³-hybridized carbons (Fsp3) is 0.441. The van der Waals surface area contributed by atoms with Crippen LogP contribution in [0.3, 0.4) is 0 Å². The minimum absolute atomic E-state index is 0.0723. The SMILES string of the molecule is CC(=O)NCC(=O)N[C@H]1CCC(=O)NCCCCNC(=O)CNC(=O)CNC(=O)[C@@H](Cc2cccc3ccccc23)NC(=O)[C@H](CC(N)=O)NC1=O. The zero-order valence-electron chi connectivity index (χ0n) is 28.8. The first kappa shape index (κ1) is 40.4. The summed E-state index contributed by atoms with van der Waals surface area (Å²) in [6, 6.07) is 8.38. The minimum Gasteiger partial charge on any atom is -0.370 e. The number of benzene rings is 2. The van der Waals surface area contributed by atoms with Gasteiger partial charge in [-0.05, 0) is 35.6 Å². The van der Waals surface area contributed by atoms with Crippen LogP contribution in [0, 0.1) is 0 Å². The molecule has 52 heavy (non-hydrogen) atoms. The lowest BCUT2D eigenvalue weighted by Gasteiger charge is -2.25. The molecule has 1 fully saturated rings. The first-order valence-electron chi connectivity index (χ1n) is 16.8. The lowest BCUT2D eigenvalue weighted by Crippen LogP contribution is -2.58. The van der Waals surface area contributed by atoms with Crippen molar-refractivity contribution in [2.75, 3.05) is 32.7 Å². The van der Waals surface area contributed by atoms with Gasteiger partial charge in [0.25, 0.3) is 0 Å². The molecule has 0 unspecified atom stereocenters. The molecule has 18 heteroatoms. The Kier molecular flexibility index (Phi) is 16.0. The summed E-state index contributed by atoms with van der Waals surface area (Å²) in [6.45, 7) is 0.353. The van der Waals surface area contributed by atoms with E-state index in [0.717, 1.165) is 10.8 Å². The average molecular weight is 724 g/mol. The van der Waals surface area contributed by atoms with E-state index in [1.165, 1.54) is 6.92 Å². The molecule has 3 atom stereocenters. The predicted molar refractivity (Wildman–Crippen MR) is 186 cm³/mol. The summed E-state index contributed by atoms with van der Waals surface area (Å²) in [5.74, 6) is -6.53. The standard InChI is InChI=1S/C34H45N9O9/c1-20(44)38-19-31(49)41-24-11-12-28(46)36-13-4-5-14-37-29(47)17-39-30(48)18-40-32(50)25(42-34(52)26(16-27(35)45)43-33(24)51)15-22-9-6-8-21-7-2-3-10-23(21)22/h2-3,6-10,24-26H,4-5,11-19H2,1H3,(H2,35,45)(H,36,46)(H,37,47)(H,38,44)(H,39,48)(H,40,50)(H,41,49)(H,42,52)(H,43,51)/t24-,25+,26-/m0/s1. The van der Waals surface area contributed by atoms with Crippen LogP contribution in [0.5, 0.6) is 0 Å². The maximum atomic E-state index is 13.7. The zero-order valence-corrected chi connectivity index (χ0v) is 28.8. The van der Waals surface area contributed by atoms with E-state index in [-0.39, 0.29) is 38.9 Å². The maximum absolute atomic E-state index is 13.7. The third-order valence-corrected chi connectivity index (χ3v) is 7.90. The molecule has 0 aliphatic carbocycles. The molecule has 9 amide bonds. The highest BCUT2D eigenvalue weighted by Crippen LogP contribution is 2.20. The van der Waals surface area contributed by atoms with Crippen LogP contribution in [0.25, 0.3) is 10.8 Å². The second-order valence-electron chi connectivity index (χ2n) is 12.1. The normalized spacial score (nSPS) is 20.5. The number of hydrogen-bond acceptors (Lipinski definition) is 9.